The van der Waals surface area contributed by atoms with Crippen molar-refractivity contribution >= 4 is 28.6 Å². The van der Waals surface area contributed by atoms with Gasteiger partial charge in [0.2, 0.25) is 5.95 Å². The van der Waals surface area contributed by atoms with Gasteiger partial charge in [-0.3, -0.25) is 0 Å². The Morgan fingerprint density at radius 1 is 1.24 bits per heavy atom. The van der Waals surface area contributed by atoms with Crippen LogP contribution >= 0.6 is 11.6 Å². The molecule has 4 rings (SSSR count). The summed E-state index contributed by atoms with van der Waals surface area (Å²) in [7, 11) is 0. The molecule has 2 N–H and O–H groups in total. The Bertz CT molecular complexity index is 828. The van der Waals surface area contributed by atoms with E-state index in [-0.39, 0.29) is 11.1 Å². The number of hydrogen-bond donors (Lipinski definition) is 1. The number of nitrogens with two attached hydrogens (primary N) is 1. The summed E-state index contributed by atoms with van der Waals surface area (Å²) in [5.74, 6) is 0.369. The summed E-state index contributed by atoms with van der Waals surface area (Å²) in [6.07, 6.45) is 1.01. The van der Waals surface area contributed by atoms with Crippen molar-refractivity contribution in [2.24, 2.45) is 0 Å². The van der Waals surface area contributed by atoms with Crippen LogP contribution in [0.1, 0.15) is 23.9 Å². The second-order valence-corrected chi connectivity index (χ2v) is 5.82. The lowest BCUT2D eigenvalue weighted by molar-refractivity contribution is 0.629. The van der Waals surface area contributed by atoms with E-state index >= 15 is 0 Å². The fourth-order valence-corrected chi connectivity index (χ4v) is 3.14. The quantitative estimate of drug-likeness (QED) is 0.773. The fraction of sp³-hybridized carbons (Fsp3) is 0.188. The highest BCUT2D eigenvalue weighted by Crippen LogP contribution is 2.53. The van der Waals surface area contributed by atoms with Crippen molar-refractivity contribution in [2.45, 2.75) is 18.4 Å². The molecule has 21 heavy (non-hydrogen) atoms. The van der Waals surface area contributed by atoms with E-state index in [4.69, 9.17) is 17.3 Å². The highest BCUT2D eigenvalue weighted by atomic mass is 35.5. The molecule has 0 aliphatic heterocycles. The smallest absolute Gasteiger partial charge is 0.201 e. The molecule has 0 amide bonds. The maximum atomic E-state index is 13.5. The third kappa shape index (κ3) is 1.98. The number of aromatic nitrogens is 2. The summed E-state index contributed by atoms with van der Waals surface area (Å²) in [4.78, 5) is 4.25. The topological polar surface area (TPSA) is 43.8 Å². The molecule has 3 aromatic rings. The van der Waals surface area contributed by atoms with Crippen molar-refractivity contribution < 1.29 is 4.39 Å². The third-order valence-electron chi connectivity index (χ3n) is 4.07. The molecule has 3 nitrogen and oxygen atoms in total. The van der Waals surface area contributed by atoms with E-state index in [1.165, 1.54) is 11.6 Å². The largest absolute Gasteiger partial charge is 0.369 e. The molecule has 1 aliphatic carbocycles. The maximum Gasteiger partial charge on any atom is 0.201 e. The van der Waals surface area contributed by atoms with Crippen molar-refractivity contribution in [1.82, 2.24) is 9.55 Å². The lowest BCUT2D eigenvalue weighted by Gasteiger charge is -2.06. The van der Waals surface area contributed by atoms with Gasteiger partial charge in [0.15, 0.2) is 0 Å². The maximum absolute atomic E-state index is 13.5. The summed E-state index contributed by atoms with van der Waals surface area (Å²) in [6.45, 7) is 0. The average molecular weight is 302 g/mol. The number of halogens is 2. The molecular weight excluding hydrogens is 289 g/mol. The number of hydrogen-bond acceptors (Lipinski definition) is 2. The van der Waals surface area contributed by atoms with Gasteiger partial charge in [0, 0.05) is 18.0 Å². The molecule has 0 spiro atoms. The van der Waals surface area contributed by atoms with Crippen LogP contribution in [-0.4, -0.2) is 9.55 Å². The molecule has 1 saturated carbocycles. The van der Waals surface area contributed by atoms with E-state index in [1.807, 2.05) is 22.8 Å². The Labute approximate surface area is 126 Å². The van der Waals surface area contributed by atoms with Gasteiger partial charge < -0.3 is 10.3 Å². The van der Waals surface area contributed by atoms with Crippen molar-refractivity contribution in [2.75, 3.05) is 5.73 Å². The highest BCUT2D eigenvalue weighted by molar-refractivity contribution is 6.31. The minimum Gasteiger partial charge on any atom is -0.369 e. The van der Waals surface area contributed by atoms with Crippen LogP contribution in [0.15, 0.2) is 42.5 Å². The van der Waals surface area contributed by atoms with Crippen LogP contribution in [0.5, 0.6) is 0 Å². The molecule has 1 heterocycles. The number of benzene rings is 2. The Morgan fingerprint density at radius 3 is 2.76 bits per heavy atom. The number of nitrogen functional groups attached to an aromatic ring is 1. The van der Waals surface area contributed by atoms with Gasteiger partial charge >= 0.3 is 0 Å². The zero-order valence-corrected chi connectivity index (χ0v) is 11.9. The molecule has 1 aliphatic rings. The number of rotatable bonds is 2. The molecule has 0 saturated heterocycles. The Kier molecular flexibility index (Phi) is 2.69. The second-order valence-electron chi connectivity index (χ2n) is 5.42. The van der Waals surface area contributed by atoms with Crippen molar-refractivity contribution in [3.05, 3.63) is 58.9 Å². The average Bonchev–Trinajstić information content (AvgIpc) is 3.19. The van der Waals surface area contributed by atoms with E-state index < -0.39 is 5.82 Å². The zero-order valence-electron chi connectivity index (χ0n) is 11.1. The number of fused-ring (bicyclic) bond motifs is 1. The first-order chi connectivity index (χ1) is 10.1. The van der Waals surface area contributed by atoms with Crippen LogP contribution in [-0.2, 0) is 0 Å². The van der Waals surface area contributed by atoms with Crippen LogP contribution < -0.4 is 5.73 Å². The third-order valence-corrected chi connectivity index (χ3v) is 4.36. The zero-order chi connectivity index (χ0) is 14.6. The molecule has 2 atom stereocenters. The highest BCUT2D eigenvalue weighted by Gasteiger charge is 2.41. The Hall–Kier alpha value is -2.07. The summed E-state index contributed by atoms with van der Waals surface area (Å²) in [6, 6.07) is 13.5. The van der Waals surface area contributed by atoms with Gasteiger partial charge in [-0.15, -0.1) is 0 Å². The number of anilines is 1. The SMILES string of the molecule is Nc1nc2cc(F)c(Cl)cc2n1C1CC1c1ccccc1. The minimum atomic E-state index is -0.468. The first-order valence-corrected chi connectivity index (χ1v) is 7.20. The lowest BCUT2D eigenvalue weighted by Crippen LogP contribution is -2.02. The molecule has 1 aromatic heterocycles. The normalized spacial score (nSPS) is 20.9. The van der Waals surface area contributed by atoms with Gasteiger partial charge in [0.1, 0.15) is 5.82 Å². The monoisotopic (exact) mass is 301 g/mol. The molecule has 2 unspecified atom stereocenters. The van der Waals surface area contributed by atoms with Crippen LogP contribution in [0.25, 0.3) is 11.0 Å². The van der Waals surface area contributed by atoms with Crippen LogP contribution in [0, 0.1) is 5.82 Å². The van der Waals surface area contributed by atoms with Gasteiger partial charge in [-0.2, -0.15) is 0 Å². The van der Waals surface area contributed by atoms with Crippen molar-refractivity contribution in [1.29, 1.82) is 0 Å². The second kappa shape index (κ2) is 4.46. The van der Waals surface area contributed by atoms with E-state index in [0.717, 1.165) is 11.9 Å². The van der Waals surface area contributed by atoms with E-state index in [1.54, 1.807) is 6.07 Å². The molecule has 106 valence electrons. The van der Waals surface area contributed by atoms with Crippen LogP contribution in [0.3, 0.4) is 0 Å². The first kappa shape index (κ1) is 12.7. The first-order valence-electron chi connectivity index (χ1n) is 6.82. The molecular formula is C16H13ClFN3. The summed E-state index contributed by atoms with van der Waals surface area (Å²) in [5.41, 5.74) is 8.65. The molecule has 1 fully saturated rings. The van der Waals surface area contributed by atoms with Gasteiger partial charge in [-0.25, -0.2) is 9.37 Å². The summed E-state index contributed by atoms with van der Waals surface area (Å²) < 4.78 is 15.5. The molecule has 0 bridgehead atoms. The molecule has 0 radical (unpaired) electrons. The van der Waals surface area contributed by atoms with Gasteiger partial charge in [-0.05, 0) is 18.1 Å². The van der Waals surface area contributed by atoms with E-state index in [2.05, 4.69) is 17.1 Å². The van der Waals surface area contributed by atoms with Crippen LogP contribution in [0.2, 0.25) is 5.02 Å². The Morgan fingerprint density at radius 2 is 2.00 bits per heavy atom. The predicted octanol–water partition coefficient (Wildman–Crippen LogP) is 4.14. The molecule has 2 aromatic carbocycles. The number of imidazole rings is 1. The van der Waals surface area contributed by atoms with E-state index in [9.17, 15) is 4.39 Å². The lowest BCUT2D eigenvalue weighted by atomic mass is 10.1. The van der Waals surface area contributed by atoms with E-state index in [0.29, 0.717) is 17.4 Å². The summed E-state index contributed by atoms with van der Waals surface area (Å²) >= 11 is 5.89. The minimum absolute atomic E-state index is 0.0977. The Balaban J connectivity index is 1.78. The fourth-order valence-electron chi connectivity index (χ4n) is 2.98. The van der Waals surface area contributed by atoms with Gasteiger partial charge in [-0.1, -0.05) is 41.9 Å². The van der Waals surface area contributed by atoms with Crippen molar-refractivity contribution in [3.8, 4) is 0 Å². The molecule has 5 heteroatoms. The summed E-state index contributed by atoms with van der Waals surface area (Å²) in [5, 5.41) is 0.0977. The van der Waals surface area contributed by atoms with Crippen LogP contribution in [0.4, 0.5) is 10.3 Å². The van der Waals surface area contributed by atoms with Gasteiger partial charge in [0.05, 0.1) is 16.1 Å². The predicted molar refractivity (Wildman–Crippen MR) is 82.0 cm³/mol. The van der Waals surface area contributed by atoms with Crippen molar-refractivity contribution in [3.63, 3.8) is 0 Å². The van der Waals surface area contributed by atoms with Gasteiger partial charge in [0.25, 0.3) is 0 Å². The standard InChI is InChI=1S/C16H13ClFN3/c17-11-7-15-13(8-12(11)18)20-16(19)21(15)14-6-10(14)9-4-2-1-3-5-9/h1-5,7-8,10,14H,6H2,(H2,19,20). The number of nitrogens with zero attached hydrogens (tertiary/aromatic N) is 2.